The van der Waals surface area contributed by atoms with Crippen molar-refractivity contribution >= 4 is 0 Å². The number of benzene rings is 1. The summed E-state index contributed by atoms with van der Waals surface area (Å²) in [5.74, 6) is -0.929. The fraction of sp³-hybridized carbons (Fsp3) is 0.400. The predicted molar refractivity (Wildman–Crippen MR) is 48.6 cm³/mol. The Morgan fingerprint density at radius 3 is 2.00 bits per heavy atom. The lowest BCUT2D eigenvalue weighted by atomic mass is 10.0. The van der Waals surface area contributed by atoms with Gasteiger partial charge in [0.15, 0.2) is 0 Å². The minimum Gasteiger partial charge on any atom is -0.330 e. The SMILES string of the molecule is Cc1cc(C)c(F)c(CCN)c1F. The minimum absolute atomic E-state index is 0.111. The summed E-state index contributed by atoms with van der Waals surface area (Å²) in [4.78, 5) is 0. The molecular formula is C10H13F2N. The second-order valence-electron chi connectivity index (χ2n) is 3.16. The molecule has 13 heavy (non-hydrogen) atoms. The van der Waals surface area contributed by atoms with Crippen LogP contribution in [0.5, 0.6) is 0 Å². The molecule has 0 radical (unpaired) electrons. The number of aryl methyl sites for hydroxylation is 2. The standard InChI is InChI=1S/C10H13F2N/c1-6-5-7(2)10(12)8(3-4-13)9(6)11/h5H,3-4,13H2,1-2H3. The molecule has 0 spiro atoms. The van der Waals surface area contributed by atoms with Crippen LogP contribution in [-0.2, 0) is 6.42 Å². The molecule has 72 valence electrons. The third-order valence-corrected chi connectivity index (χ3v) is 2.05. The number of hydrogen-bond donors (Lipinski definition) is 1. The minimum atomic E-state index is -0.464. The second kappa shape index (κ2) is 3.83. The molecule has 1 aromatic carbocycles. The molecule has 1 nitrogen and oxygen atoms in total. The molecule has 0 bridgehead atoms. The molecule has 0 amide bonds. The van der Waals surface area contributed by atoms with Gasteiger partial charge in [0.05, 0.1) is 0 Å². The zero-order valence-electron chi connectivity index (χ0n) is 7.82. The summed E-state index contributed by atoms with van der Waals surface area (Å²) in [6.45, 7) is 3.51. The Bertz CT molecular complexity index is 295. The molecule has 0 aromatic heterocycles. The fourth-order valence-electron chi connectivity index (χ4n) is 1.39. The van der Waals surface area contributed by atoms with E-state index in [0.717, 1.165) is 0 Å². The Morgan fingerprint density at radius 1 is 1.15 bits per heavy atom. The van der Waals surface area contributed by atoms with Crippen LogP contribution >= 0.6 is 0 Å². The van der Waals surface area contributed by atoms with Gasteiger partial charge in [-0.1, -0.05) is 6.07 Å². The van der Waals surface area contributed by atoms with Gasteiger partial charge in [-0.25, -0.2) is 8.78 Å². The molecule has 0 aliphatic carbocycles. The van der Waals surface area contributed by atoms with Crippen LogP contribution in [0.3, 0.4) is 0 Å². The maximum absolute atomic E-state index is 13.3. The Balaban J connectivity index is 3.28. The average molecular weight is 185 g/mol. The van der Waals surface area contributed by atoms with Crippen molar-refractivity contribution in [2.45, 2.75) is 20.3 Å². The molecule has 0 saturated heterocycles. The van der Waals surface area contributed by atoms with E-state index in [9.17, 15) is 8.78 Å². The zero-order valence-corrected chi connectivity index (χ0v) is 7.82. The van der Waals surface area contributed by atoms with Gasteiger partial charge in [-0.3, -0.25) is 0 Å². The topological polar surface area (TPSA) is 26.0 Å². The van der Waals surface area contributed by atoms with Crippen LogP contribution < -0.4 is 5.73 Å². The van der Waals surface area contributed by atoms with E-state index in [2.05, 4.69) is 0 Å². The smallest absolute Gasteiger partial charge is 0.132 e. The Hall–Kier alpha value is -0.960. The Kier molecular flexibility index (Phi) is 2.98. The van der Waals surface area contributed by atoms with Gasteiger partial charge in [-0.2, -0.15) is 0 Å². The highest BCUT2D eigenvalue weighted by atomic mass is 19.1. The van der Waals surface area contributed by atoms with Gasteiger partial charge in [0, 0.05) is 5.56 Å². The van der Waals surface area contributed by atoms with E-state index in [0.29, 0.717) is 11.1 Å². The monoisotopic (exact) mass is 185 g/mol. The predicted octanol–water partition coefficient (Wildman–Crippen LogP) is 2.08. The van der Waals surface area contributed by atoms with Crippen LogP contribution in [0.15, 0.2) is 6.07 Å². The molecule has 2 N–H and O–H groups in total. The first-order valence-electron chi connectivity index (χ1n) is 4.22. The van der Waals surface area contributed by atoms with E-state index in [-0.39, 0.29) is 18.5 Å². The summed E-state index contributed by atoms with van der Waals surface area (Å²) in [7, 11) is 0. The van der Waals surface area contributed by atoms with Crippen molar-refractivity contribution in [2.75, 3.05) is 6.54 Å². The van der Waals surface area contributed by atoms with E-state index < -0.39 is 11.6 Å². The Morgan fingerprint density at radius 2 is 1.62 bits per heavy atom. The average Bonchev–Trinajstić information content (AvgIpc) is 2.09. The Labute approximate surface area is 76.6 Å². The van der Waals surface area contributed by atoms with Crippen LogP contribution in [0.1, 0.15) is 16.7 Å². The number of nitrogens with two attached hydrogens (primary N) is 1. The van der Waals surface area contributed by atoms with E-state index in [4.69, 9.17) is 5.73 Å². The molecule has 0 aliphatic rings. The third kappa shape index (κ3) is 1.86. The van der Waals surface area contributed by atoms with Crippen LogP contribution in [0.25, 0.3) is 0 Å². The van der Waals surface area contributed by atoms with Gasteiger partial charge in [0.1, 0.15) is 11.6 Å². The van der Waals surface area contributed by atoms with Gasteiger partial charge in [0.2, 0.25) is 0 Å². The first-order valence-corrected chi connectivity index (χ1v) is 4.22. The highest BCUT2D eigenvalue weighted by Crippen LogP contribution is 2.20. The van der Waals surface area contributed by atoms with Crippen molar-refractivity contribution in [3.05, 3.63) is 34.4 Å². The van der Waals surface area contributed by atoms with Crippen LogP contribution in [-0.4, -0.2) is 6.54 Å². The van der Waals surface area contributed by atoms with E-state index in [1.54, 1.807) is 13.8 Å². The first-order chi connectivity index (χ1) is 6.07. The number of hydrogen-bond acceptors (Lipinski definition) is 1. The summed E-state index contributed by atoms with van der Waals surface area (Å²) >= 11 is 0. The first kappa shape index (κ1) is 10.1. The van der Waals surface area contributed by atoms with Crippen molar-refractivity contribution in [3.63, 3.8) is 0 Å². The van der Waals surface area contributed by atoms with Gasteiger partial charge < -0.3 is 5.73 Å². The molecule has 1 aromatic rings. The maximum Gasteiger partial charge on any atom is 0.132 e. The van der Waals surface area contributed by atoms with Crippen molar-refractivity contribution in [3.8, 4) is 0 Å². The van der Waals surface area contributed by atoms with Gasteiger partial charge in [0.25, 0.3) is 0 Å². The fourth-order valence-corrected chi connectivity index (χ4v) is 1.39. The lowest BCUT2D eigenvalue weighted by molar-refractivity contribution is 0.545. The molecule has 0 atom stereocenters. The molecule has 1 rings (SSSR count). The van der Waals surface area contributed by atoms with E-state index in [1.807, 2.05) is 0 Å². The summed E-state index contributed by atoms with van der Waals surface area (Å²) in [5, 5.41) is 0. The number of halogens is 2. The van der Waals surface area contributed by atoms with E-state index >= 15 is 0 Å². The lowest BCUT2D eigenvalue weighted by Gasteiger charge is -2.08. The molecule has 0 unspecified atom stereocenters. The van der Waals surface area contributed by atoms with Gasteiger partial charge in [-0.15, -0.1) is 0 Å². The summed E-state index contributed by atoms with van der Waals surface area (Å²) in [5.41, 5.74) is 6.33. The summed E-state index contributed by atoms with van der Waals surface area (Å²) < 4.78 is 26.7. The lowest BCUT2D eigenvalue weighted by Crippen LogP contribution is -2.08. The zero-order chi connectivity index (χ0) is 10.0. The molecular weight excluding hydrogens is 172 g/mol. The molecule has 0 saturated carbocycles. The highest BCUT2D eigenvalue weighted by Gasteiger charge is 2.13. The second-order valence-corrected chi connectivity index (χ2v) is 3.16. The van der Waals surface area contributed by atoms with Gasteiger partial charge >= 0.3 is 0 Å². The highest BCUT2D eigenvalue weighted by molar-refractivity contribution is 5.32. The summed E-state index contributed by atoms with van der Waals surface area (Å²) in [6, 6.07) is 1.50. The maximum atomic E-state index is 13.3. The van der Waals surface area contributed by atoms with Crippen molar-refractivity contribution in [2.24, 2.45) is 5.73 Å². The van der Waals surface area contributed by atoms with Crippen LogP contribution in [0.2, 0.25) is 0 Å². The van der Waals surface area contributed by atoms with Crippen LogP contribution in [0, 0.1) is 25.5 Å². The van der Waals surface area contributed by atoms with Crippen molar-refractivity contribution < 1.29 is 8.78 Å². The normalized spacial score (nSPS) is 10.5. The van der Waals surface area contributed by atoms with Crippen LogP contribution in [0.4, 0.5) is 8.78 Å². The molecule has 0 aliphatic heterocycles. The molecule has 3 heteroatoms. The summed E-state index contributed by atoms with van der Waals surface area (Å²) in [6.07, 6.45) is 0.250. The molecule has 0 fully saturated rings. The quantitative estimate of drug-likeness (QED) is 0.750. The van der Waals surface area contributed by atoms with Crippen molar-refractivity contribution in [1.29, 1.82) is 0 Å². The molecule has 0 heterocycles. The van der Waals surface area contributed by atoms with Gasteiger partial charge in [-0.05, 0) is 37.9 Å². The van der Waals surface area contributed by atoms with Crippen molar-refractivity contribution in [1.82, 2.24) is 0 Å². The van der Waals surface area contributed by atoms with E-state index in [1.165, 1.54) is 6.07 Å². The third-order valence-electron chi connectivity index (χ3n) is 2.05. The largest absolute Gasteiger partial charge is 0.330 e. The number of rotatable bonds is 2.